The van der Waals surface area contributed by atoms with Crippen LogP contribution in [-0.2, 0) is 0 Å². The van der Waals surface area contributed by atoms with E-state index in [4.69, 9.17) is 4.42 Å². The third kappa shape index (κ3) is 4.40. The molecular weight excluding hydrogens is 579 g/mol. The number of fused-ring (bicyclic) bond motifs is 6. The van der Waals surface area contributed by atoms with Crippen molar-refractivity contribution in [3.63, 3.8) is 0 Å². The number of aryl methyl sites for hydroxylation is 1. The van der Waals surface area contributed by atoms with Crippen LogP contribution in [0, 0.1) is 6.92 Å². The van der Waals surface area contributed by atoms with E-state index in [0.717, 1.165) is 50.0 Å². The van der Waals surface area contributed by atoms with Gasteiger partial charge in [0.1, 0.15) is 11.2 Å². The molecule has 0 radical (unpaired) electrons. The number of rotatable bonds is 5. The average Bonchev–Trinajstić information content (AvgIpc) is 3.69. The lowest BCUT2D eigenvalue weighted by molar-refractivity contribution is 0.670. The van der Waals surface area contributed by atoms with Crippen molar-refractivity contribution >= 4 is 70.5 Å². The highest BCUT2D eigenvalue weighted by Crippen LogP contribution is 2.47. The Morgan fingerprint density at radius 3 is 2.07 bits per heavy atom. The molecule has 0 aliphatic carbocycles. The van der Waals surface area contributed by atoms with Gasteiger partial charge in [-0.2, -0.15) is 0 Å². The number of furan rings is 1. The van der Waals surface area contributed by atoms with Crippen molar-refractivity contribution in [3.8, 4) is 22.3 Å². The topological polar surface area (TPSA) is 16.4 Å². The molecule has 3 heteroatoms. The Labute approximate surface area is 271 Å². The van der Waals surface area contributed by atoms with Gasteiger partial charge in [-0.1, -0.05) is 115 Å². The molecule has 0 bridgehead atoms. The Hall–Kier alpha value is -5.64. The maximum absolute atomic E-state index is 6.55. The van der Waals surface area contributed by atoms with Gasteiger partial charge in [0.25, 0.3) is 0 Å². The zero-order chi connectivity index (χ0) is 30.6. The molecule has 0 spiro atoms. The van der Waals surface area contributed by atoms with Crippen LogP contribution in [0.3, 0.4) is 0 Å². The molecule has 0 saturated carbocycles. The maximum Gasteiger partial charge on any atom is 0.143 e. The lowest BCUT2D eigenvalue weighted by atomic mass is 9.96. The Kier molecular flexibility index (Phi) is 6.25. The van der Waals surface area contributed by atoms with Crippen molar-refractivity contribution in [1.82, 2.24) is 0 Å². The summed E-state index contributed by atoms with van der Waals surface area (Å²) in [5.74, 6) is 0. The zero-order valence-electron chi connectivity index (χ0n) is 25.3. The number of nitrogens with zero attached hydrogens (tertiary/aromatic N) is 1. The van der Waals surface area contributed by atoms with Gasteiger partial charge in [-0.05, 0) is 72.1 Å². The van der Waals surface area contributed by atoms with Crippen LogP contribution in [0.2, 0.25) is 0 Å². The van der Waals surface area contributed by atoms with Gasteiger partial charge in [-0.3, -0.25) is 0 Å². The summed E-state index contributed by atoms with van der Waals surface area (Å²) in [5, 5.41) is 4.84. The van der Waals surface area contributed by atoms with Gasteiger partial charge < -0.3 is 9.32 Å². The Balaban J connectivity index is 1.34. The molecular formula is C43H29NOS. The lowest BCUT2D eigenvalue weighted by Crippen LogP contribution is -2.10. The summed E-state index contributed by atoms with van der Waals surface area (Å²) in [6.45, 7) is 2.14. The van der Waals surface area contributed by atoms with Crippen LogP contribution in [0.25, 0.3) is 64.4 Å². The van der Waals surface area contributed by atoms with E-state index in [1.807, 2.05) is 17.4 Å². The van der Waals surface area contributed by atoms with Crippen LogP contribution in [-0.4, -0.2) is 0 Å². The van der Waals surface area contributed by atoms with E-state index < -0.39 is 0 Å². The van der Waals surface area contributed by atoms with Crippen molar-refractivity contribution in [2.75, 3.05) is 4.90 Å². The highest BCUT2D eigenvalue weighted by molar-refractivity contribution is 7.26. The third-order valence-electron chi connectivity index (χ3n) is 8.91. The average molecular weight is 608 g/mol. The van der Waals surface area contributed by atoms with E-state index in [1.54, 1.807) is 0 Å². The molecule has 7 aromatic carbocycles. The maximum atomic E-state index is 6.55. The predicted octanol–water partition coefficient (Wildman–Crippen LogP) is 13.1. The van der Waals surface area contributed by atoms with Crippen LogP contribution < -0.4 is 4.90 Å². The monoisotopic (exact) mass is 607 g/mol. The fourth-order valence-corrected chi connectivity index (χ4v) is 7.90. The van der Waals surface area contributed by atoms with Gasteiger partial charge in [-0.15, -0.1) is 11.3 Å². The molecule has 2 heterocycles. The number of para-hydroxylation sites is 2. The van der Waals surface area contributed by atoms with E-state index in [1.165, 1.54) is 37.0 Å². The minimum absolute atomic E-state index is 0.905. The molecule has 9 aromatic rings. The van der Waals surface area contributed by atoms with Crippen LogP contribution in [0.4, 0.5) is 17.1 Å². The standard InChI is InChI=1S/C43H29NOS/c1-28-21-23-32(24-22-28)44(39-18-10-17-38-36-14-6-8-20-41(36)46-43(38)39)33-26-30(29-11-3-2-4-12-29)25-31(27-33)34-15-9-16-37-35-13-5-7-19-40(35)45-42(34)37/h2-27H,1H3. The summed E-state index contributed by atoms with van der Waals surface area (Å²) >= 11 is 1.86. The Bertz CT molecular complexity index is 2540. The first-order valence-electron chi connectivity index (χ1n) is 15.6. The second-order valence-electron chi connectivity index (χ2n) is 11.8. The fourth-order valence-electron chi connectivity index (χ4n) is 6.70. The molecule has 0 unspecified atom stereocenters. The van der Waals surface area contributed by atoms with Crippen LogP contribution in [0.1, 0.15) is 5.56 Å². The highest BCUT2D eigenvalue weighted by atomic mass is 32.1. The minimum Gasteiger partial charge on any atom is -0.455 e. The molecule has 9 rings (SSSR count). The summed E-state index contributed by atoms with van der Waals surface area (Å²) < 4.78 is 9.11. The Morgan fingerprint density at radius 2 is 1.20 bits per heavy atom. The van der Waals surface area contributed by atoms with Crippen molar-refractivity contribution in [2.45, 2.75) is 6.92 Å². The Morgan fingerprint density at radius 1 is 0.500 bits per heavy atom. The zero-order valence-corrected chi connectivity index (χ0v) is 26.1. The number of thiophene rings is 1. The van der Waals surface area contributed by atoms with Crippen molar-refractivity contribution < 1.29 is 4.42 Å². The SMILES string of the molecule is Cc1ccc(N(c2cc(-c3ccccc3)cc(-c3cccc4c3oc3ccccc34)c2)c2cccc3c2sc2ccccc23)cc1. The summed E-state index contributed by atoms with van der Waals surface area (Å²) in [6.07, 6.45) is 0. The normalized spacial score (nSPS) is 11.6. The van der Waals surface area contributed by atoms with E-state index >= 15 is 0 Å². The first-order valence-corrected chi connectivity index (χ1v) is 16.4. The van der Waals surface area contributed by atoms with E-state index in [2.05, 4.69) is 163 Å². The van der Waals surface area contributed by atoms with Crippen molar-refractivity contribution in [1.29, 1.82) is 0 Å². The molecule has 0 fully saturated rings. The second kappa shape index (κ2) is 10.8. The largest absolute Gasteiger partial charge is 0.455 e. The van der Waals surface area contributed by atoms with E-state index in [9.17, 15) is 0 Å². The minimum atomic E-state index is 0.905. The van der Waals surface area contributed by atoms with Gasteiger partial charge in [-0.25, -0.2) is 0 Å². The fraction of sp³-hybridized carbons (Fsp3) is 0.0233. The first kappa shape index (κ1) is 26.7. The summed E-state index contributed by atoms with van der Waals surface area (Å²) in [5.41, 5.74) is 11.0. The van der Waals surface area contributed by atoms with Gasteiger partial charge >= 0.3 is 0 Å². The molecule has 218 valence electrons. The summed E-state index contributed by atoms with van der Waals surface area (Å²) in [7, 11) is 0. The molecule has 46 heavy (non-hydrogen) atoms. The van der Waals surface area contributed by atoms with E-state index in [-0.39, 0.29) is 0 Å². The predicted molar refractivity (Wildman–Crippen MR) is 197 cm³/mol. The van der Waals surface area contributed by atoms with Gasteiger partial charge in [0, 0.05) is 43.2 Å². The van der Waals surface area contributed by atoms with Crippen molar-refractivity contribution in [2.24, 2.45) is 0 Å². The van der Waals surface area contributed by atoms with Gasteiger partial charge in [0.05, 0.1) is 10.4 Å². The molecule has 0 aliphatic rings. The lowest BCUT2D eigenvalue weighted by Gasteiger charge is -2.27. The number of anilines is 3. The van der Waals surface area contributed by atoms with Crippen LogP contribution in [0.15, 0.2) is 162 Å². The highest BCUT2D eigenvalue weighted by Gasteiger charge is 2.21. The molecule has 2 nitrogen and oxygen atoms in total. The number of benzene rings is 7. The number of hydrogen-bond donors (Lipinski definition) is 0. The second-order valence-corrected chi connectivity index (χ2v) is 12.9. The molecule has 2 aromatic heterocycles. The molecule has 0 amide bonds. The van der Waals surface area contributed by atoms with Crippen LogP contribution >= 0.6 is 11.3 Å². The first-order chi connectivity index (χ1) is 22.7. The molecule has 0 aliphatic heterocycles. The summed E-state index contributed by atoms with van der Waals surface area (Å²) in [6, 6.07) is 56.7. The third-order valence-corrected chi connectivity index (χ3v) is 10.1. The smallest absolute Gasteiger partial charge is 0.143 e. The van der Waals surface area contributed by atoms with Crippen LogP contribution in [0.5, 0.6) is 0 Å². The van der Waals surface area contributed by atoms with Gasteiger partial charge in [0.2, 0.25) is 0 Å². The van der Waals surface area contributed by atoms with Crippen molar-refractivity contribution in [3.05, 3.63) is 163 Å². The summed E-state index contributed by atoms with van der Waals surface area (Å²) in [4.78, 5) is 2.42. The quantitative estimate of drug-likeness (QED) is 0.193. The van der Waals surface area contributed by atoms with E-state index in [0.29, 0.717) is 0 Å². The molecule has 0 N–H and O–H groups in total. The van der Waals surface area contributed by atoms with Gasteiger partial charge in [0.15, 0.2) is 0 Å². The molecule has 0 atom stereocenters. The number of hydrogen-bond acceptors (Lipinski definition) is 3. The molecule has 0 saturated heterocycles.